The molecule has 2 aromatic rings. The highest BCUT2D eigenvalue weighted by molar-refractivity contribution is 6.10. The fourth-order valence-electron chi connectivity index (χ4n) is 3.34. The predicted molar refractivity (Wildman–Crippen MR) is 85.0 cm³/mol. The van der Waals surface area contributed by atoms with Crippen LogP contribution < -0.4 is 4.74 Å². The molecule has 21 heavy (non-hydrogen) atoms. The van der Waals surface area contributed by atoms with Crippen molar-refractivity contribution in [3.8, 4) is 5.75 Å². The van der Waals surface area contributed by atoms with E-state index in [1.54, 1.807) is 0 Å². The van der Waals surface area contributed by atoms with Crippen molar-refractivity contribution in [2.45, 2.75) is 52.6 Å². The highest BCUT2D eigenvalue weighted by Gasteiger charge is 2.37. The summed E-state index contributed by atoms with van der Waals surface area (Å²) >= 11 is 0. The third-order valence-corrected chi connectivity index (χ3v) is 4.52. The number of aromatic nitrogens is 1. The Labute approximate surface area is 125 Å². The summed E-state index contributed by atoms with van der Waals surface area (Å²) in [6.07, 6.45) is 6.31. The monoisotopic (exact) mass is 285 g/mol. The van der Waals surface area contributed by atoms with Crippen molar-refractivity contribution in [1.29, 1.82) is 0 Å². The molecule has 0 atom stereocenters. The molecule has 0 aliphatic heterocycles. The van der Waals surface area contributed by atoms with E-state index < -0.39 is 0 Å². The Balaban J connectivity index is 2.00. The van der Waals surface area contributed by atoms with E-state index in [4.69, 9.17) is 4.74 Å². The summed E-state index contributed by atoms with van der Waals surface area (Å²) < 4.78 is 5.75. The molecule has 3 rings (SSSR count). The maximum atomic E-state index is 12.9. The molecule has 0 amide bonds. The Bertz CT molecular complexity index is 663. The number of ketones is 1. The average molecular weight is 285 g/mol. The Hall–Kier alpha value is -1.77. The number of rotatable bonds is 4. The van der Waals surface area contributed by atoms with Crippen molar-refractivity contribution in [1.82, 2.24) is 4.98 Å². The normalized spacial score (nSPS) is 17.5. The van der Waals surface area contributed by atoms with E-state index >= 15 is 0 Å². The lowest BCUT2D eigenvalue weighted by atomic mass is 9.81. The average Bonchev–Trinajstić information content (AvgIpc) is 3.04. The molecule has 0 radical (unpaired) electrons. The van der Waals surface area contributed by atoms with Gasteiger partial charge in [-0.15, -0.1) is 0 Å². The second kappa shape index (κ2) is 5.21. The summed E-state index contributed by atoms with van der Waals surface area (Å²) in [5.74, 6) is 1.09. The van der Waals surface area contributed by atoms with Crippen molar-refractivity contribution in [3.63, 3.8) is 0 Å². The maximum absolute atomic E-state index is 12.9. The number of nitrogens with one attached hydrogen (secondary N) is 1. The van der Waals surface area contributed by atoms with Crippen LogP contribution in [-0.4, -0.2) is 16.9 Å². The van der Waals surface area contributed by atoms with Gasteiger partial charge in [0.15, 0.2) is 5.78 Å². The largest absolute Gasteiger partial charge is 0.491 e. The van der Waals surface area contributed by atoms with Crippen LogP contribution in [0.1, 0.15) is 56.8 Å². The molecule has 1 N–H and O–H groups in total. The number of Topliss-reactive ketones (excluding diaryl/α,β-unsaturated/α-hetero) is 1. The fraction of sp³-hybridized carbons (Fsp3) is 0.500. The third kappa shape index (κ3) is 2.57. The minimum Gasteiger partial charge on any atom is -0.491 e. The molecule has 0 spiro atoms. The summed E-state index contributed by atoms with van der Waals surface area (Å²) in [5.41, 5.74) is 1.61. The lowest BCUT2D eigenvalue weighted by Crippen LogP contribution is -2.24. The Morgan fingerprint density at radius 3 is 2.67 bits per heavy atom. The van der Waals surface area contributed by atoms with Crippen molar-refractivity contribution in [2.75, 3.05) is 0 Å². The standard InChI is InChI=1S/C18H23NO2/c1-12(2)21-13-6-7-16-14(10-13)15(11-19-16)17(20)18(3)8-4-5-9-18/h6-7,10-12,19H,4-5,8-9H2,1-3H3. The van der Waals surface area contributed by atoms with Crippen LogP contribution >= 0.6 is 0 Å². The van der Waals surface area contributed by atoms with Gasteiger partial charge in [0.25, 0.3) is 0 Å². The summed E-state index contributed by atoms with van der Waals surface area (Å²) in [6.45, 7) is 6.12. The second-order valence-corrected chi connectivity index (χ2v) is 6.67. The van der Waals surface area contributed by atoms with Crippen LogP contribution in [0, 0.1) is 5.41 Å². The van der Waals surface area contributed by atoms with Crippen molar-refractivity contribution in [3.05, 3.63) is 30.0 Å². The number of carbonyl (C=O) groups excluding carboxylic acids is 1. The number of hydrogen-bond donors (Lipinski definition) is 1. The van der Waals surface area contributed by atoms with Crippen LogP contribution in [0.25, 0.3) is 10.9 Å². The Morgan fingerprint density at radius 1 is 1.29 bits per heavy atom. The number of ether oxygens (including phenoxy) is 1. The van der Waals surface area contributed by atoms with Gasteiger partial charge in [0.2, 0.25) is 0 Å². The number of carbonyl (C=O) groups is 1. The first-order valence-electron chi connectivity index (χ1n) is 7.82. The van der Waals surface area contributed by atoms with E-state index in [2.05, 4.69) is 11.9 Å². The van der Waals surface area contributed by atoms with Crippen LogP contribution in [0.15, 0.2) is 24.4 Å². The molecule has 0 bridgehead atoms. The smallest absolute Gasteiger partial charge is 0.170 e. The van der Waals surface area contributed by atoms with E-state index in [1.807, 2.05) is 38.2 Å². The molecular formula is C18H23NO2. The van der Waals surface area contributed by atoms with E-state index in [9.17, 15) is 4.79 Å². The van der Waals surface area contributed by atoms with Crippen LogP contribution in [0.3, 0.4) is 0 Å². The zero-order valence-corrected chi connectivity index (χ0v) is 13.0. The summed E-state index contributed by atoms with van der Waals surface area (Å²) in [5, 5.41) is 0.978. The topological polar surface area (TPSA) is 42.1 Å². The highest BCUT2D eigenvalue weighted by Crippen LogP contribution is 2.41. The first kappa shape index (κ1) is 14.2. The van der Waals surface area contributed by atoms with E-state index in [-0.39, 0.29) is 17.3 Å². The van der Waals surface area contributed by atoms with Crippen LogP contribution in [-0.2, 0) is 0 Å². The number of benzene rings is 1. The maximum Gasteiger partial charge on any atom is 0.170 e. The molecule has 1 fully saturated rings. The first-order valence-corrected chi connectivity index (χ1v) is 7.82. The lowest BCUT2D eigenvalue weighted by Gasteiger charge is -2.21. The third-order valence-electron chi connectivity index (χ3n) is 4.52. The molecule has 3 nitrogen and oxygen atoms in total. The van der Waals surface area contributed by atoms with Crippen LogP contribution in [0.2, 0.25) is 0 Å². The predicted octanol–water partition coefficient (Wildman–Crippen LogP) is 4.72. The first-order chi connectivity index (χ1) is 9.99. The van der Waals surface area contributed by atoms with Crippen LogP contribution in [0.4, 0.5) is 0 Å². The molecule has 1 heterocycles. The molecule has 3 heteroatoms. The highest BCUT2D eigenvalue weighted by atomic mass is 16.5. The zero-order chi connectivity index (χ0) is 15.0. The number of fused-ring (bicyclic) bond motifs is 1. The Morgan fingerprint density at radius 2 is 2.00 bits per heavy atom. The zero-order valence-electron chi connectivity index (χ0n) is 13.0. The quantitative estimate of drug-likeness (QED) is 0.826. The number of aromatic amines is 1. The molecule has 1 saturated carbocycles. The van der Waals surface area contributed by atoms with Gasteiger partial charge < -0.3 is 9.72 Å². The van der Waals surface area contributed by atoms with Gasteiger partial charge in [-0.05, 0) is 44.9 Å². The van der Waals surface area contributed by atoms with Crippen molar-refractivity contribution in [2.24, 2.45) is 5.41 Å². The van der Waals surface area contributed by atoms with Crippen LogP contribution in [0.5, 0.6) is 5.75 Å². The lowest BCUT2D eigenvalue weighted by molar-refractivity contribution is 0.0825. The van der Waals surface area contributed by atoms with Gasteiger partial charge in [-0.1, -0.05) is 19.8 Å². The SMILES string of the molecule is CC(C)Oc1ccc2[nH]cc(C(=O)C3(C)CCCC3)c2c1. The van der Waals surface area contributed by atoms with E-state index in [1.165, 1.54) is 0 Å². The van der Waals surface area contributed by atoms with E-state index in [0.29, 0.717) is 0 Å². The molecule has 112 valence electrons. The van der Waals surface area contributed by atoms with Gasteiger partial charge in [0, 0.05) is 28.1 Å². The van der Waals surface area contributed by atoms with Gasteiger partial charge in [-0.25, -0.2) is 0 Å². The van der Waals surface area contributed by atoms with Gasteiger partial charge >= 0.3 is 0 Å². The minimum absolute atomic E-state index is 0.132. The molecule has 0 unspecified atom stereocenters. The van der Waals surface area contributed by atoms with Crippen molar-refractivity contribution < 1.29 is 9.53 Å². The number of H-pyrrole nitrogens is 1. The molecule has 1 aromatic heterocycles. The molecule has 0 saturated heterocycles. The molecule has 1 aliphatic carbocycles. The van der Waals surface area contributed by atoms with Gasteiger partial charge in [0.05, 0.1) is 6.10 Å². The summed E-state index contributed by atoms with van der Waals surface area (Å²) in [4.78, 5) is 16.1. The van der Waals surface area contributed by atoms with Crippen molar-refractivity contribution >= 4 is 16.7 Å². The molecule has 1 aliphatic rings. The summed E-state index contributed by atoms with van der Waals surface area (Å²) in [7, 11) is 0. The van der Waals surface area contributed by atoms with Gasteiger partial charge in [-0.3, -0.25) is 4.79 Å². The second-order valence-electron chi connectivity index (χ2n) is 6.67. The van der Waals surface area contributed by atoms with E-state index in [0.717, 1.165) is 47.9 Å². The fourth-order valence-corrected chi connectivity index (χ4v) is 3.34. The number of hydrogen-bond acceptors (Lipinski definition) is 2. The molecule has 1 aromatic carbocycles. The minimum atomic E-state index is -0.190. The molecular weight excluding hydrogens is 262 g/mol. The van der Waals surface area contributed by atoms with Gasteiger partial charge in [0.1, 0.15) is 5.75 Å². The van der Waals surface area contributed by atoms with Gasteiger partial charge in [-0.2, -0.15) is 0 Å². The summed E-state index contributed by atoms with van der Waals surface area (Å²) in [6, 6.07) is 5.92. The Kier molecular flexibility index (Phi) is 3.52.